The molecule has 0 spiro atoms. The van der Waals surface area contributed by atoms with E-state index in [4.69, 9.17) is 0 Å². The van der Waals surface area contributed by atoms with E-state index in [0.717, 1.165) is 16.1 Å². The van der Waals surface area contributed by atoms with Gasteiger partial charge in [0.05, 0.1) is 22.8 Å². The third-order valence-electron chi connectivity index (χ3n) is 4.33. The zero-order chi connectivity index (χ0) is 17.2. The zero-order valence-electron chi connectivity index (χ0n) is 13.4. The number of amides is 1. The lowest BCUT2D eigenvalue weighted by Gasteiger charge is -2.35. The quantitative estimate of drug-likeness (QED) is 0.665. The number of carbonyl (C=O) groups excluding carboxylic acids is 1. The average Bonchev–Trinajstić information content (AvgIpc) is 3.35. The first-order valence-corrected chi connectivity index (χ1v) is 8.89. The van der Waals surface area contributed by atoms with E-state index in [2.05, 4.69) is 20.5 Å². The molecule has 4 rings (SSSR count). The van der Waals surface area contributed by atoms with Gasteiger partial charge in [-0.05, 0) is 23.6 Å². The number of piperazine rings is 1. The lowest BCUT2D eigenvalue weighted by atomic mass is 10.1. The first-order valence-electron chi connectivity index (χ1n) is 8.01. The number of hydrogen-bond acceptors (Lipinski definition) is 5. The summed E-state index contributed by atoms with van der Waals surface area (Å²) in [4.78, 5) is 31.0. The first-order chi connectivity index (χ1) is 12.2. The van der Waals surface area contributed by atoms with Gasteiger partial charge in [0.1, 0.15) is 5.56 Å². The maximum Gasteiger partial charge on any atom is 0.261 e. The molecule has 0 aromatic carbocycles. The molecule has 1 fully saturated rings. The summed E-state index contributed by atoms with van der Waals surface area (Å²) in [5.74, 6) is -0.258. The van der Waals surface area contributed by atoms with Gasteiger partial charge in [0, 0.05) is 31.4 Å². The highest BCUT2D eigenvalue weighted by Gasteiger charge is 2.30. The van der Waals surface area contributed by atoms with Crippen molar-refractivity contribution < 1.29 is 4.79 Å². The molecule has 1 amide bonds. The second-order valence-corrected chi connectivity index (χ2v) is 6.79. The minimum Gasteiger partial charge on any atom is -0.329 e. The van der Waals surface area contributed by atoms with E-state index < -0.39 is 0 Å². The van der Waals surface area contributed by atoms with Crippen LogP contribution < -0.4 is 10.9 Å². The Bertz CT molecular complexity index is 917. The number of thiophene rings is 1. The fraction of sp³-hybridized carbons (Fsp3) is 0.235. The predicted octanol–water partition coefficient (Wildman–Crippen LogP) is 1.61. The molecule has 128 valence electrons. The van der Waals surface area contributed by atoms with Crippen LogP contribution in [0.5, 0.6) is 0 Å². The fourth-order valence-electron chi connectivity index (χ4n) is 3.06. The lowest BCUT2D eigenvalue weighted by Crippen LogP contribution is -2.49. The molecule has 25 heavy (non-hydrogen) atoms. The van der Waals surface area contributed by atoms with Gasteiger partial charge >= 0.3 is 0 Å². The highest BCUT2D eigenvalue weighted by atomic mass is 32.1. The molecule has 1 saturated heterocycles. The molecule has 0 radical (unpaired) electrons. The van der Waals surface area contributed by atoms with Gasteiger partial charge in [0.2, 0.25) is 0 Å². The minimum atomic E-state index is -0.361. The number of hydrogen-bond donors (Lipinski definition) is 3. The number of rotatable bonds is 3. The normalized spacial score (nSPS) is 17.6. The Hall–Kier alpha value is -2.71. The van der Waals surface area contributed by atoms with Gasteiger partial charge in [-0.3, -0.25) is 14.7 Å². The maximum absolute atomic E-state index is 13.0. The number of nitrogens with zero attached hydrogens (tertiary/aromatic N) is 2. The monoisotopic (exact) mass is 355 g/mol. The molecular weight excluding hydrogens is 338 g/mol. The summed E-state index contributed by atoms with van der Waals surface area (Å²) in [6.45, 7) is 1.88. The summed E-state index contributed by atoms with van der Waals surface area (Å²) >= 11 is 1.54. The Morgan fingerprint density at radius 2 is 2.24 bits per heavy atom. The largest absolute Gasteiger partial charge is 0.329 e. The van der Waals surface area contributed by atoms with Crippen LogP contribution in [0.3, 0.4) is 0 Å². The van der Waals surface area contributed by atoms with E-state index in [1.807, 2.05) is 17.5 Å². The van der Waals surface area contributed by atoms with Crippen molar-refractivity contribution in [3.8, 4) is 10.6 Å². The molecule has 0 saturated carbocycles. The Morgan fingerprint density at radius 3 is 2.96 bits per heavy atom. The Labute approximate surface area is 147 Å². The van der Waals surface area contributed by atoms with E-state index in [9.17, 15) is 9.59 Å². The summed E-state index contributed by atoms with van der Waals surface area (Å²) in [6, 6.07) is 7.12. The van der Waals surface area contributed by atoms with Gasteiger partial charge in [0.25, 0.3) is 11.5 Å². The number of H-pyrrole nitrogens is 2. The molecule has 1 aliphatic heterocycles. The van der Waals surface area contributed by atoms with Crippen molar-refractivity contribution in [2.45, 2.75) is 6.04 Å². The van der Waals surface area contributed by atoms with Gasteiger partial charge < -0.3 is 15.2 Å². The topological polar surface area (TPSA) is 93.9 Å². The third-order valence-corrected chi connectivity index (χ3v) is 5.24. The molecular formula is C17H17N5O2S. The molecule has 1 atom stereocenters. The number of nitrogens with one attached hydrogen (secondary N) is 3. The van der Waals surface area contributed by atoms with Crippen LogP contribution in [0.4, 0.5) is 0 Å². The van der Waals surface area contributed by atoms with Crippen LogP contribution in [0.15, 0.2) is 46.8 Å². The molecule has 1 aliphatic rings. The Balaban J connectivity index is 1.64. The summed E-state index contributed by atoms with van der Waals surface area (Å²) < 4.78 is 0. The summed E-state index contributed by atoms with van der Waals surface area (Å²) in [5, 5.41) is 12.0. The van der Waals surface area contributed by atoms with Crippen molar-refractivity contribution in [3.05, 3.63) is 63.5 Å². The molecule has 7 nitrogen and oxygen atoms in total. The van der Waals surface area contributed by atoms with Crippen LogP contribution in [0.25, 0.3) is 10.6 Å². The molecule has 1 unspecified atom stereocenters. The zero-order valence-corrected chi connectivity index (χ0v) is 14.2. The van der Waals surface area contributed by atoms with Crippen LogP contribution >= 0.6 is 11.3 Å². The van der Waals surface area contributed by atoms with Crippen molar-refractivity contribution in [3.63, 3.8) is 0 Å². The van der Waals surface area contributed by atoms with Gasteiger partial charge in [-0.15, -0.1) is 11.3 Å². The van der Waals surface area contributed by atoms with Crippen molar-refractivity contribution in [1.29, 1.82) is 0 Å². The van der Waals surface area contributed by atoms with Crippen LogP contribution in [0.2, 0.25) is 0 Å². The Morgan fingerprint density at radius 1 is 1.32 bits per heavy atom. The first kappa shape index (κ1) is 15.8. The molecule has 0 bridgehead atoms. The van der Waals surface area contributed by atoms with Crippen LogP contribution in [-0.4, -0.2) is 45.6 Å². The van der Waals surface area contributed by atoms with Gasteiger partial charge in [-0.1, -0.05) is 6.07 Å². The predicted molar refractivity (Wildman–Crippen MR) is 95.6 cm³/mol. The summed E-state index contributed by atoms with van der Waals surface area (Å²) in [7, 11) is 0. The molecule has 4 heterocycles. The Kier molecular flexibility index (Phi) is 4.21. The number of aromatic amines is 2. The van der Waals surface area contributed by atoms with Crippen molar-refractivity contribution >= 4 is 17.2 Å². The van der Waals surface area contributed by atoms with Crippen LogP contribution in [0, 0.1) is 0 Å². The molecule has 8 heteroatoms. The van der Waals surface area contributed by atoms with Gasteiger partial charge in [-0.2, -0.15) is 5.10 Å². The van der Waals surface area contributed by atoms with E-state index in [-0.39, 0.29) is 23.1 Å². The summed E-state index contributed by atoms with van der Waals surface area (Å²) in [6.07, 6.45) is 3.49. The molecule has 0 aliphatic carbocycles. The second-order valence-electron chi connectivity index (χ2n) is 5.84. The molecule has 3 aromatic heterocycles. The van der Waals surface area contributed by atoms with E-state index >= 15 is 0 Å². The summed E-state index contributed by atoms with van der Waals surface area (Å²) in [5.41, 5.74) is 1.45. The van der Waals surface area contributed by atoms with E-state index in [1.54, 1.807) is 40.8 Å². The standard InChI is InChI=1S/C17H17N5O2S/c23-16-12(3-4-13(21-16)15-2-1-7-25-15)17(24)22-6-5-18-10-14(22)11-8-19-20-9-11/h1-4,7-9,14,18H,5-6,10H2,(H,19,20)(H,21,23). The molecule has 3 aromatic rings. The number of carbonyl (C=O) groups is 1. The van der Waals surface area contributed by atoms with E-state index in [1.165, 1.54) is 0 Å². The highest BCUT2D eigenvalue weighted by molar-refractivity contribution is 7.13. The smallest absolute Gasteiger partial charge is 0.261 e. The SMILES string of the molecule is O=C(c1ccc(-c2cccs2)[nH]c1=O)N1CCNCC1c1cn[nH]c1. The number of aromatic nitrogens is 3. The van der Waals surface area contributed by atoms with Gasteiger partial charge in [-0.25, -0.2) is 0 Å². The minimum absolute atomic E-state index is 0.142. The third kappa shape index (κ3) is 3.01. The second kappa shape index (κ2) is 6.66. The van der Waals surface area contributed by atoms with Crippen molar-refractivity contribution in [2.24, 2.45) is 0 Å². The highest BCUT2D eigenvalue weighted by Crippen LogP contribution is 2.24. The lowest BCUT2D eigenvalue weighted by molar-refractivity contribution is 0.0632. The average molecular weight is 355 g/mol. The van der Waals surface area contributed by atoms with Gasteiger partial charge in [0.15, 0.2) is 0 Å². The molecule has 3 N–H and O–H groups in total. The van der Waals surface area contributed by atoms with Crippen molar-refractivity contribution in [2.75, 3.05) is 19.6 Å². The van der Waals surface area contributed by atoms with E-state index in [0.29, 0.717) is 19.6 Å². The fourth-order valence-corrected chi connectivity index (χ4v) is 3.77. The van der Waals surface area contributed by atoms with Crippen molar-refractivity contribution in [1.82, 2.24) is 25.4 Å². The maximum atomic E-state index is 13.0. The number of pyridine rings is 1. The van der Waals surface area contributed by atoms with Crippen LogP contribution in [-0.2, 0) is 0 Å². The van der Waals surface area contributed by atoms with Crippen LogP contribution in [0.1, 0.15) is 22.0 Å².